The van der Waals surface area contributed by atoms with Gasteiger partial charge in [-0.15, -0.1) is 0 Å². The first kappa shape index (κ1) is 19.2. The van der Waals surface area contributed by atoms with Crippen LogP contribution in [0.3, 0.4) is 0 Å². The van der Waals surface area contributed by atoms with Crippen molar-refractivity contribution in [2.45, 2.75) is 14.7 Å². The number of nitrogens with zero attached hydrogens (tertiary/aromatic N) is 2. The Balaban J connectivity index is 2.86. The number of benzene rings is 2. The summed E-state index contributed by atoms with van der Waals surface area (Å²) in [6, 6.07) is 3.52. The Bertz CT molecular complexity index is 1140. The molecule has 0 heterocycles. The molecule has 0 radical (unpaired) electrons. The Kier molecular flexibility index (Phi) is 4.68. The van der Waals surface area contributed by atoms with Gasteiger partial charge in [-0.05, 0) is 18.2 Å². The molecule has 0 aliphatic rings. The van der Waals surface area contributed by atoms with Gasteiger partial charge in [0.2, 0.25) is 9.84 Å². The van der Waals surface area contributed by atoms with E-state index in [0.29, 0.717) is 30.3 Å². The van der Waals surface area contributed by atoms with Crippen molar-refractivity contribution in [3.63, 3.8) is 0 Å². The van der Waals surface area contributed by atoms with Crippen LogP contribution in [0.25, 0.3) is 0 Å². The summed E-state index contributed by atoms with van der Waals surface area (Å²) in [7, 11) is -10.0. The molecule has 26 heavy (non-hydrogen) atoms. The minimum absolute atomic E-state index is 0.403. The molecule has 2 N–H and O–H groups in total. The number of nitro groups is 2. The number of phenolic OH excluding ortho intramolecular Hbond substituents is 1. The zero-order valence-electron chi connectivity index (χ0n) is 12.3. The van der Waals surface area contributed by atoms with Gasteiger partial charge in [0.25, 0.3) is 21.5 Å². The highest BCUT2D eigenvalue weighted by Crippen LogP contribution is 2.35. The van der Waals surface area contributed by atoms with E-state index in [9.17, 15) is 46.7 Å². The second-order valence-electron chi connectivity index (χ2n) is 4.78. The molecule has 0 fully saturated rings. The number of aromatic hydroxyl groups is 1. The second kappa shape index (κ2) is 6.32. The molecule has 0 unspecified atom stereocenters. The number of non-ortho nitro benzene ring substituents is 1. The molecule has 2 aromatic carbocycles. The Morgan fingerprint density at radius 1 is 0.808 bits per heavy atom. The molecule has 0 atom stereocenters. The summed E-state index contributed by atoms with van der Waals surface area (Å²) < 4.78 is 57.4. The molecule has 0 saturated heterocycles. The van der Waals surface area contributed by atoms with Gasteiger partial charge in [-0.3, -0.25) is 24.8 Å². The molecule has 14 heteroatoms. The maximum absolute atomic E-state index is 12.7. The van der Waals surface area contributed by atoms with Gasteiger partial charge in [-0.1, -0.05) is 0 Å². The maximum atomic E-state index is 12.7. The average molecular weight is 404 g/mol. The summed E-state index contributed by atoms with van der Waals surface area (Å²) in [5.74, 6) is -0.685. The van der Waals surface area contributed by atoms with E-state index in [1.807, 2.05) is 0 Å². The summed E-state index contributed by atoms with van der Waals surface area (Å²) in [5, 5.41) is 31.2. The van der Waals surface area contributed by atoms with Crippen molar-refractivity contribution in [2.24, 2.45) is 0 Å². The highest BCUT2D eigenvalue weighted by atomic mass is 32.2. The third-order valence-electron chi connectivity index (χ3n) is 3.13. The normalized spacial score (nSPS) is 11.9. The zero-order valence-corrected chi connectivity index (χ0v) is 14.0. The van der Waals surface area contributed by atoms with Crippen LogP contribution in [0.4, 0.5) is 11.4 Å². The molecule has 0 bridgehead atoms. The molecular formula is C12H8N2O10S2. The average Bonchev–Trinajstić information content (AvgIpc) is 2.53. The van der Waals surface area contributed by atoms with Crippen LogP contribution in [0.5, 0.6) is 5.75 Å². The van der Waals surface area contributed by atoms with Crippen molar-refractivity contribution in [3.05, 3.63) is 56.6 Å². The largest absolute Gasteiger partial charge is 0.508 e. The smallest absolute Gasteiger partial charge is 0.295 e. The van der Waals surface area contributed by atoms with Crippen LogP contribution in [0.1, 0.15) is 0 Å². The number of phenols is 1. The van der Waals surface area contributed by atoms with Crippen LogP contribution < -0.4 is 0 Å². The number of nitro benzene ring substituents is 2. The van der Waals surface area contributed by atoms with E-state index in [1.54, 1.807) is 0 Å². The van der Waals surface area contributed by atoms with Crippen LogP contribution in [0.15, 0.2) is 51.1 Å². The predicted octanol–water partition coefficient (Wildman–Crippen LogP) is 1.29. The van der Waals surface area contributed by atoms with E-state index in [2.05, 4.69) is 0 Å². The molecule has 0 aromatic heterocycles. The van der Waals surface area contributed by atoms with E-state index >= 15 is 0 Å². The van der Waals surface area contributed by atoms with Crippen LogP contribution in [0, 0.1) is 20.2 Å². The lowest BCUT2D eigenvalue weighted by Gasteiger charge is -2.09. The lowest BCUT2D eigenvalue weighted by molar-refractivity contribution is -0.396. The fourth-order valence-electron chi connectivity index (χ4n) is 2.03. The molecule has 12 nitrogen and oxygen atoms in total. The Labute approximate surface area is 145 Å². The molecule has 0 aliphatic heterocycles. The number of sulfone groups is 1. The van der Waals surface area contributed by atoms with Gasteiger partial charge in [0.05, 0.1) is 20.8 Å². The molecule has 0 amide bonds. The third-order valence-corrected chi connectivity index (χ3v) is 6.02. The van der Waals surface area contributed by atoms with E-state index in [1.165, 1.54) is 0 Å². The Hall–Kier alpha value is -3.10. The highest BCUT2D eigenvalue weighted by molar-refractivity contribution is 7.93. The maximum Gasteiger partial charge on any atom is 0.295 e. The first-order valence-electron chi connectivity index (χ1n) is 6.34. The fourth-order valence-corrected chi connectivity index (χ4v) is 4.73. The Morgan fingerprint density at radius 2 is 1.38 bits per heavy atom. The van der Waals surface area contributed by atoms with Crippen LogP contribution in [-0.2, 0) is 20.0 Å². The topological polar surface area (TPSA) is 195 Å². The summed E-state index contributed by atoms with van der Waals surface area (Å²) in [5.41, 5.74) is -1.91. The van der Waals surface area contributed by atoms with Gasteiger partial charge in [0.1, 0.15) is 15.5 Å². The van der Waals surface area contributed by atoms with Gasteiger partial charge >= 0.3 is 0 Å². The molecular weight excluding hydrogens is 396 g/mol. The first-order valence-corrected chi connectivity index (χ1v) is 9.26. The molecule has 2 rings (SSSR count). The zero-order chi connectivity index (χ0) is 19.9. The van der Waals surface area contributed by atoms with Gasteiger partial charge < -0.3 is 5.11 Å². The van der Waals surface area contributed by atoms with Crippen molar-refractivity contribution in [3.8, 4) is 5.75 Å². The van der Waals surface area contributed by atoms with Crippen LogP contribution in [0.2, 0.25) is 0 Å². The lowest BCUT2D eigenvalue weighted by atomic mass is 10.3. The number of hydrogen-bond donors (Lipinski definition) is 2. The molecule has 0 aliphatic carbocycles. The monoisotopic (exact) mass is 404 g/mol. The summed E-state index contributed by atoms with van der Waals surface area (Å²) in [4.78, 5) is 16.4. The SMILES string of the molecule is O=[N+]([O-])c1ccc(S(=O)(=O)c2ccc(O)cc2S(=O)(=O)O)c([N+](=O)[O-])c1. The van der Waals surface area contributed by atoms with E-state index in [0.717, 1.165) is 6.07 Å². The Morgan fingerprint density at radius 3 is 1.88 bits per heavy atom. The fraction of sp³-hybridized carbons (Fsp3) is 0. The second-order valence-corrected chi connectivity index (χ2v) is 8.05. The van der Waals surface area contributed by atoms with E-state index in [-0.39, 0.29) is 0 Å². The van der Waals surface area contributed by atoms with E-state index in [4.69, 9.17) is 0 Å². The quantitative estimate of drug-likeness (QED) is 0.416. The van der Waals surface area contributed by atoms with Gasteiger partial charge in [-0.2, -0.15) is 8.42 Å². The molecule has 0 saturated carbocycles. The summed E-state index contributed by atoms with van der Waals surface area (Å²) in [6.07, 6.45) is 0. The molecule has 0 spiro atoms. The van der Waals surface area contributed by atoms with Crippen LogP contribution in [-0.4, -0.2) is 36.3 Å². The van der Waals surface area contributed by atoms with Crippen molar-refractivity contribution < 1.29 is 36.3 Å². The predicted molar refractivity (Wildman–Crippen MR) is 83.1 cm³/mol. The van der Waals surface area contributed by atoms with Gasteiger partial charge in [0, 0.05) is 12.1 Å². The van der Waals surface area contributed by atoms with E-state index < -0.39 is 61.6 Å². The third kappa shape index (κ3) is 3.46. The lowest BCUT2D eigenvalue weighted by Crippen LogP contribution is -2.11. The standard InChI is InChI=1S/C12H8N2O10S2/c15-8-2-4-11(12(6-8)26(22,23)24)25(20,21)10-3-1-7(13(16)17)5-9(10)14(18)19/h1-6,15H,(H,22,23,24). The van der Waals surface area contributed by atoms with Gasteiger partial charge in [0.15, 0.2) is 0 Å². The van der Waals surface area contributed by atoms with Crippen molar-refractivity contribution >= 4 is 31.3 Å². The summed E-state index contributed by atoms with van der Waals surface area (Å²) >= 11 is 0. The molecule has 2 aromatic rings. The van der Waals surface area contributed by atoms with Crippen molar-refractivity contribution in [1.29, 1.82) is 0 Å². The van der Waals surface area contributed by atoms with Crippen LogP contribution >= 0.6 is 0 Å². The number of hydrogen-bond acceptors (Lipinski definition) is 9. The number of rotatable bonds is 5. The minimum Gasteiger partial charge on any atom is -0.508 e. The highest BCUT2D eigenvalue weighted by Gasteiger charge is 2.34. The van der Waals surface area contributed by atoms with Gasteiger partial charge in [-0.25, -0.2) is 8.42 Å². The minimum atomic E-state index is -5.12. The summed E-state index contributed by atoms with van der Waals surface area (Å²) in [6.45, 7) is 0. The molecule has 138 valence electrons. The first-order chi connectivity index (χ1) is 11.9. The van der Waals surface area contributed by atoms with Crippen molar-refractivity contribution in [1.82, 2.24) is 0 Å². The van der Waals surface area contributed by atoms with Crippen molar-refractivity contribution in [2.75, 3.05) is 0 Å².